The predicted molar refractivity (Wildman–Crippen MR) is 116 cm³/mol. The number of nitrogens with one attached hydrogen (secondary N) is 2. The van der Waals surface area contributed by atoms with Crippen LogP contribution in [0.25, 0.3) is 12.2 Å². The lowest BCUT2D eigenvalue weighted by Crippen LogP contribution is -2.25. The molecule has 0 atom stereocenters. The highest BCUT2D eigenvalue weighted by Gasteiger charge is 1.98. The first-order valence-corrected chi connectivity index (χ1v) is 9.71. The van der Waals surface area contributed by atoms with Crippen LogP contribution in [0.1, 0.15) is 24.0 Å². The van der Waals surface area contributed by atoms with Crippen molar-refractivity contribution in [1.29, 1.82) is 0 Å². The third-order valence-electron chi connectivity index (χ3n) is 3.75. The number of carbonyl (C=O) groups is 2. The second kappa shape index (κ2) is 12.0. The van der Waals surface area contributed by atoms with Crippen molar-refractivity contribution in [2.75, 3.05) is 13.1 Å². The van der Waals surface area contributed by atoms with Crippen molar-refractivity contribution < 1.29 is 9.59 Å². The molecule has 0 saturated carbocycles. The summed E-state index contributed by atoms with van der Waals surface area (Å²) in [6.07, 6.45) is 7.94. The first kappa shape index (κ1) is 21.7. The molecule has 2 aromatic rings. The molecule has 2 amide bonds. The maximum absolute atomic E-state index is 11.8. The fourth-order valence-corrected chi connectivity index (χ4v) is 2.75. The molecule has 0 radical (unpaired) electrons. The van der Waals surface area contributed by atoms with Crippen LogP contribution in [-0.4, -0.2) is 24.9 Å². The van der Waals surface area contributed by atoms with Gasteiger partial charge < -0.3 is 10.6 Å². The normalized spacial score (nSPS) is 11.1. The molecule has 2 N–H and O–H groups in total. The van der Waals surface area contributed by atoms with Gasteiger partial charge in [-0.1, -0.05) is 47.5 Å². The summed E-state index contributed by atoms with van der Waals surface area (Å²) in [5.74, 6) is -0.318. The Hall–Kier alpha value is -2.56. The SMILES string of the molecule is O=C(/C=C/c1cccc(Cl)c1)NCCCCNC(=O)/C=C/c1cccc(Cl)c1. The van der Waals surface area contributed by atoms with E-state index in [0.717, 1.165) is 24.0 Å². The Labute approximate surface area is 175 Å². The van der Waals surface area contributed by atoms with Crippen LogP contribution >= 0.6 is 23.2 Å². The van der Waals surface area contributed by atoms with Gasteiger partial charge in [-0.3, -0.25) is 9.59 Å². The van der Waals surface area contributed by atoms with Gasteiger partial charge in [0, 0.05) is 35.3 Å². The van der Waals surface area contributed by atoms with Crippen molar-refractivity contribution in [1.82, 2.24) is 10.6 Å². The fourth-order valence-electron chi connectivity index (χ4n) is 2.36. The van der Waals surface area contributed by atoms with Gasteiger partial charge >= 0.3 is 0 Å². The van der Waals surface area contributed by atoms with Crippen LogP contribution in [0.4, 0.5) is 0 Å². The first-order valence-electron chi connectivity index (χ1n) is 8.96. The summed E-state index contributed by atoms with van der Waals surface area (Å²) in [4.78, 5) is 23.5. The predicted octanol–water partition coefficient (Wildman–Crippen LogP) is 4.73. The summed E-state index contributed by atoms with van der Waals surface area (Å²) in [6, 6.07) is 14.6. The monoisotopic (exact) mass is 416 g/mol. The Morgan fingerprint density at radius 3 is 1.57 bits per heavy atom. The molecule has 28 heavy (non-hydrogen) atoms. The van der Waals surface area contributed by atoms with Crippen LogP contribution in [0.5, 0.6) is 0 Å². The van der Waals surface area contributed by atoms with Gasteiger partial charge in [0.2, 0.25) is 11.8 Å². The summed E-state index contributed by atoms with van der Waals surface area (Å²) in [7, 11) is 0. The van der Waals surface area contributed by atoms with Crippen molar-refractivity contribution in [3.63, 3.8) is 0 Å². The Bertz CT molecular complexity index is 792. The number of halogens is 2. The highest BCUT2D eigenvalue weighted by molar-refractivity contribution is 6.31. The van der Waals surface area contributed by atoms with E-state index in [2.05, 4.69) is 10.6 Å². The quantitative estimate of drug-likeness (QED) is 0.458. The summed E-state index contributed by atoms with van der Waals surface area (Å²) in [6.45, 7) is 1.10. The zero-order chi connectivity index (χ0) is 20.2. The Morgan fingerprint density at radius 2 is 1.18 bits per heavy atom. The zero-order valence-corrected chi connectivity index (χ0v) is 16.8. The van der Waals surface area contributed by atoms with Crippen molar-refractivity contribution >= 4 is 47.2 Å². The molecule has 0 aromatic heterocycles. The van der Waals surface area contributed by atoms with Crippen LogP contribution in [0, 0.1) is 0 Å². The van der Waals surface area contributed by atoms with Crippen LogP contribution in [-0.2, 0) is 9.59 Å². The van der Waals surface area contributed by atoms with E-state index in [1.165, 1.54) is 12.2 Å². The second-order valence-electron chi connectivity index (χ2n) is 6.07. The molecular formula is C22H22Cl2N2O2. The minimum Gasteiger partial charge on any atom is -0.353 e. The van der Waals surface area contributed by atoms with Gasteiger partial charge in [0.25, 0.3) is 0 Å². The zero-order valence-electron chi connectivity index (χ0n) is 15.3. The van der Waals surface area contributed by atoms with E-state index >= 15 is 0 Å². The molecule has 6 heteroatoms. The van der Waals surface area contributed by atoms with Crippen molar-refractivity contribution in [3.05, 3.63) is 81.9 Å². The van der Waals surface area contributed by atoms with Gasteiger partial charge in [0.1, 0.15) is 0 Å². The summed E-state index contributed by atoms with van der Waals surface area (Å²) in [5.41, 5.74) is 1.74. The molecule has 0 aliphatic carbocycles. The van der Waals surface area contributed by atoms with Gasteiger partial charge in [-0.2, -0.15) is 0 Å². The average Bonchev–Trinajstić information content (AvgIpc) is 2.67. The number of amides is 2. The minimum absolute atomic E-state index is 0.159. The van der Waals surface area contributed by atoms with Crippen LogP contribution in [0.3, 0.4) is 0 Å². The van der Waals surface area contributed by atoms with Gasteiger partial charge in [0.05, 0.1) is 0 Å². The third-order valence-corrected chi connectivity index (χ3v) is 4.22. The number of rotatable bonds is 9. The van der Waals surface area contributed by atoms with Gasteiger partial charge in [-0.15, -0.1) is 0 Å². The fraction of sp³-hybridized carbons (Fsp3) is 0.182. The molecule has 0 saturated heterocycles. The molecule has 0 fully saturated rings. The van der Waals surface area contributed by atoms with E-state index in [-0.39, 0.29) is 11.8 Å². The standard InChI is InChI=1S/C22H22Cl2N2O2/c23-19-7-3-5-17(15-19)9-11-21(27)25-13-1-2-14-26-22(28)12-10-18-6-4-8-20(24)16-18/h3-12,15-16H,1-2,13-14H2,(H,25,27)(H,26,28)/b11-9+,12-10+. The summed E-state index contributed by atoms with van der Waals surface area (Å²) in [5, 5.41) is 6.88. The second-order valence-corrected chi connectivity index (χ2v) is 6.94. The molecule has 146 valence electrons. The summed E-state index contributed by atoms with van der Waals surface area (Å²) < 4.78 is 0. The van der Waals surface area contributed by atoms with Crippen LogP contribution in [0.2, 0.25) is 10.0 Å². The van der Waals surface area contributed by atoms with E-state index in [1.807, 2.05) is 24.3 Å². The lowest BCUT2D eigenvalue weighted by atomic mass is 10.2. The van der Waals surface area contributed by atoms with E-state index < -0.39 is 0 Å². The molecule has 4 nitrogen and oxygen atoms in total. The molecular weight excluding hydrogens is 395 g/mol. The Balaban J connectivity index is 1.57. The lowest BCUT2D eigenvalue weighted by molar-refractivity contribution is -0.117. The topological polar surface area (TPSA) is 58.2 Å². The van der Waals surface area contributed by atoms with Crippen molar-refractivity contribution in [2.45, 2.75) is 12.8 Å². The summed E-state index contributed by atoms with van der Waals surface area (Å²) >= 11 is 11.8. The molecule has 2 aromatic carbocycles. The molecule has 0 bridgehead atoms. The van der Waals surface area contributed by atoms with Crippen molar-refractivity contribution in [3.8, 4) is 0 Å². The van der Waals surface area contributed by atoms with Gasteiger partial charge in [-0.05, 0) is 60.4 Å². The maximum Gasteiger partial charge on any atom is 0.243 e. The number of unbranched alkanes of at least 4 members (excludes halogenated alkanes) is 1. The molecule has 0 aliphatic heterocycles. The molecule has 0 unspecified atom stereocenters. The maximum atomic E-state index is 11.8. The highest BCUT2D eigenvalue weighted by Crippen LogP contribution is 2.12. The molecule has 2 rings (SSSR count). The Kier molecular flexibility index (Phi) is 9.32. The van der Waals surface area contributed by atoms with E-state index in [1.54, 1.807) is 36.4 Å². The molecule has 0 aliphatic rings. The van der Waals surface area contributed by atoms with E-state index in [9.17, 15) is 9.59 Å². The van der Waals surface area contributed by atoms with Crippen LogP contribution in [0.15, 0.2) is 60.7 Å². The highest BCUT2D eigenvalue weighted by atomic mass is 35.5. The first-order chi connectivity index (χ1) is 13.5. The third kappa shape index (κ3) is 8.89. The van der Waals surface area contributed by atoms with Gasteiger partial charge in [-0.25, -0.2) is 0 Å². The van der Waals surface area contributed by atoms with E-state index in [4.69, 9.17) is 23.2 Å². The Morgan fingerprint density at radius 1 is 0.750 bits per heavy atom. The average molecular weight is 417 g/mol. The number of hydrogen-bond acceptors (Lipinski definition) is 2. The van der Waals surface area contributed by atoms with Crippen molar-refractivity contribution in [2.24, 2.45) is 0 Å². The van der Waals surface area contributed by atoms with E-state index in [0.29, 0.717) is 23.1 Å². The molecule has 0 spiro atoms. The molecule has 0 heterocycles. The van der Waals surface area contributed by atoms with Crippen LogP contribution < -0.4 is 10.6 Å². The number of carbonyl (C=O) groups excluding carboxylic acids is 2. The smallest absolute Gasteiger partial charge is 0.243 e. The van der Waals surface area contributed by atoms with Gasteiger partial charge in [0.15, 0.2) is 0 Å². The lowest BCUT2D eigenvalue weighted by Gasteiger charge is -2.04. The number of hydrogen-bond donors (Lipinski definition) is 2. The largest absolute Gasteiger partial charge is 0.353 e. The minimum atomic E-state index is -0.159. The number of benzene rings is 2.